The molecule has 0 bridgehead atoms. The molecule has 5 heteroatoms. The van der Waals surface area contributed by atoms with E-state index in [1.807, 2.05) is 31.3 Å². The molecule has 4 nitrogen and oxygen atoms in total. The summed E-state index contributed by atoms with van der Waals surface area (Å²) in [5.74, 6) is 0.133. The quantitative estimate of drug-likeness (QED) is 0.664. The van der Waals surface area contributed by atoms with Crippen molar-refractivity contribution in [2.45, 2.75) is 24.7 Å². The SMILES string of the molecule is CCCCOC1=C(C(N)=O)N(C)Sc2ccccc21. The molecule has 0 aromatic heterocycles. The largest absolute Gasteiger partial charge is 0.490 e. The van der Waals surface area contributed by atoms with Gasteiger partial charge in [-0.15, -0.1) is 0 Å². The maximum absolute atomic E-state index is 11.6. The Hall–Kier alpha value is -1.62. The molecule has 19 heavy (non-hydrogen) atoms. The van der Waals surface area contributed by atoms with E-state index in [-0.39, 0.29) is 0 Å². The Bertz CT molecular complexity index is 514. The smallest absolute Gasteiger partial charge is 0.269 e. The van der Waals surface area contributed by atoms with Crippen molar-refractivity contribution in [2.75, 3.05) is 13.7 Å². The van der Waals surface area contributed by atoms with Crippen LogP contribution in [0.4, 0.5) is 0 Å². The van der Waals surface area contributed by atoms with Crippen LogP contribution < -0.4 is 5.73 Å². The van der Waals surface area contributed by atoms with Crippen molar-refractivity contribution in [1.82, 2.24) is 4.31 Å². The fourth-order valence-electron chi connectivity index (χ4n) is 1.93. The summed E-state index contributed by atoms with van der Waals surface area (Å²) in [6.07, 6.45) is 2.00. The molecule has 0 saturated heterocycles. The highest BCUT2D eigenvalue weighted by atomic mass is 32.2. The normalized spacial score (nSPS) is 14.3. The van der Waals surface area contributed by atoms with Crippen molar-refractivity contribution in [3.8, 4) is 0 Å². The van der Waals surface area contributed by atoms with E-state index in [9.17, 15) is 4.79 Å². The highest BCUT2D eigenvalue weighted by Crippen LogP contribution is 2.40. The van der Waals surface area contributed by atoms with Crippen LogP contribution in [-0.2, 0) is 9.53 Å². The molecule has 1 amide bonds. The lowest BCUT2D eigenvalue weighted by atomic mass is 10.1. The molecule has 0 atom stereocenters. The van der Waals surface area contributed by atoms with Crippen molar-refractivity contribution in [2.24, 2.45) is 5.73 Å². The van der Waals surface area contributed by atoms with Crippen molar-refractivity contribution >= 4 is 23.6 Å². The van der Waals surface area contributed by atoms with E-state index in [0.717, 1.165) is 23.3 Å². The Balaban J connectivity index is 2.42. The van der Waals surface area contributed by atoms with Crippen LogP contribution in [0.2, 0.25) is 0 Å². The number of amides is 1. The number of unbranched alkanes of at least 4 members (excludes halogenated alkanes) is 1. The molecule has 1 aromatic rings. The number of nitrogens with two attached hydrogens (primary N) is 1. The van der Waals surface area contributed by atoms with Gasteiger partial charge in [0.2, 0.25) is 0 Å². The minimum absolute atomic E-state index is 0.430. The summed E-state index contributed by atoms with van der Waals surface area (Å²) < 4.78 is 7.59. The molecule has 102 valence electrons. The first-order valence-corrected chi connectivity index (χ1v) is 7.10. The summed E-state index contributed by atoms with van der Waals surface area (Å²) in [4.78, 5) is 12.7. The van der Waals surface area contributed by atoms with Gasteiger partial charge in [0.1, 0.15) is 0 Å². The maximum atomic E-state index is 11.6. The zero-order valence-corrected chi connectivity index (χ0v) is 12.0. The highest BCUT2D eigenvalue weighted by molar-refractivity contribution is 7.97. The summed E-state index contributed by atoms with van der Waals surface area (Å²) >= 11 is 1.49. The van der Waals surface area contributed by atoms with Crippen LogP contribution in [0.25, 0.3) is 5.76 Å². The molecular formula is C14H18N2O2S. The predicted octanol–water partition coefficient (Wildman–Crippen LogP) is 2.61. The van der Waals surface area contributed by atoms with E-state index in [4.69, 9.17) is 10.5 Å². The number of fused-ring (bicyclic) bond motifs is 1. The molecule has 2 rings (SSSR count). The van der Waals surface area contributed by atoms with Crippen LogP contribution in [0.1, 0.15) is 25.3 Å². The molecule has 2 N–H and O–H groups in total. The summed E-state index contributed by atoms with van der Waals surface area (Å²) in [5.41, 5.74) is 6.85. The molecule has 0 aliphatic carbocycles. The molecule has 0 spiro atoms. The van der Waals surface area contributed by atoms with Gasteiger partial charge < -0.3 is 14.8 Å². The number of likely N-dealkylation sites (N-methyl/N-ethyl adjacent to an activating group) is 1. The molecule has 1 aliphatic rings. The number of nitrogens with zero attached hydrogens (tertiary/aromatic N) is 1. The van der Waals surface area contributed by atoms with E-state index in [1.165, 1.54) is 11.9 Å². The number of carbonyl (C=O) groups is 1. The minimum atomic E-state index is -0.462. The van der Waals surface area contributed by atoms with Crippen molar-refractivity contribution in [3.63, 3.8) is 0 Å². The fourth-order valence-corrected chi connectivity index (χ4v) is 2.89. The van der Waals surface area contributed by atoms with Crippen LogP contribution in [0, 0.1) is 0 Å². The topological polar surface area (TPSA) is 55.6 Å². The van der Waals surface area contributed by atoms with Crippen LogP contribution >= 0.6 is 11.9 Å². The van der Waals surface area contributed by atoms with Crippen LogP contribution in [-0.4, -0.2) is 23.9 Å². The summed E-state index contributed by atoms with van der Waals surface area (Å²) in [6.45, 7) is 2.69. The van der Waals surface area contributed by atoms with Gasteiger partial charge >= 0.3 is 0 Å². The second-order valence-corrected chi connectivity index (χ2v) is 5.50. The third kappa shape index (κ3) is 2.87. The van der Waals surface area contributed by atoms with E-state index < -0.39 is 5.91 Å². The predicted molar refractivity (Wildman–Crippen MR) is 77.0 cm³/mol. The number of rotatable bonds is 5. The van der Waals surface area contributed by atoms with Gasteiger partial charge in [0.05, 0.1) is 6.61 Å². The van der Waals surface area contributed by atoms with Crippen LogP contribution in [0.3, 0.4) is 0 Å². The first-order valence-electron chi connectivity index (χ1n) is 6.33. The summed E-state index contributed by atoms with van der Waals surface area (Å²) in [5, 5.41) is 0. The second kappa shape index (κ2) is 6.02. The number of carbonyl (C=O) groups excluding carboxylic acids is 1. The molecule has 1 heterocycles. The fraction of sp³-hybridized carbons (Fsp3) is 0.357. The first-order chi connectivity index (χ1) is 9.15. The average molecular weight is 278 g/mol. The molecule has 0 unspecified atom stereocenters. The molecular weight excluding hydrogens is 260 g/mol. The molecule has 0 saturated carbocycles. The first kappa shape index (κ1) is 13.8. The van der Waals surface area contributed by atoms with Gasteiger partial charge in [-0.25, -0.2) is 0 Å². The van der Waals surface area contributed by atoms with E-state index in [2.05, 4.69) is 6.92 Å². The number of primary amides is 1. The zero-order valence-electron chi connectivity index (χ0n) is 11.2. The summed E-state index contributed by atoms with van der Waals surface area (Å²) in [6, 6.07) is 7.88. The maximum Gasteiger partial charge on any atom is 0.269 e. The number of hydrogen-bond acceptors (Lipinski definition) is 4. The third-order valence-electron chi connectivity index (χ3n) is 2.87. The van der Waals surface area contributed by atoms with Crippen molar-refractivity contribution in [1.29, 1.82) is 0 Å². The lowest BCUT2D eigenvalue weighted by Gasteiger charge is -2.28. The van der Waals surface area contributed by atoms with Gasteiger partial charge in [-0.3, -0.25) is 4.79 Å². The highest BCUT2D eigenvalue weighted by Gasteiger charge is 2.28. The van der Waals surface area contributed by atoms with E-state index in [1.54, 1.807) is 4.31 Å². The van der Waals surface area contributed by atoms with E-state index >= 15 is 0 Å². The van der Waals surface area contributed by atoms with E-state index in [0.29, 0.717) is 18.1 Å². The van der Waals surface area contributed by atoms with Gasteiger partial charge in [-0.2, -0.15) is 0 Å². The second-order valence-electron chi connectivity index (χ2n) is 4.33. The Morgan fingerprint density at radius 3 is 2.84 bits per heavy atom. The molecule has 0 radical (unpaired) electrons. The van der Waals surface area contributed by atoms with Crippen LogP contribution in [0.15, 0.2) is 34.9 Å². The van der Waals surface area contributed by atoms with Gasteiger partial charge in [-0.05, 0) is 30.5 Å². The molecule has 1 aromatic carbocycles. The lowest BCUT2D eigenvalue weighted by Crippen LogP contribution is -2.28. The standard InChI is InChI=1S/C14H18N2O2S/c1-3-4-9-18-13-10-7-5-6-8-11(10)19-16(2)12(13)14(15)17/h5-8H,3-4,9H2,1-2H3,(H2,15,17). The number of benzene rings is 1. The molecule has 1 aliphatic heterocycles. The molecule has 0 fully saturated rings. The van der Waals surface area contributed by atoms with Gasteiger partial charge in [0.25, 0.3) is 5.91 Å². The monoisotopic (exact) mass is 278 g/mol. The van der Waals surface area contributed by atoms with Crippen molar-refractivity contribution in [3.05, 3.63) is 35.5 Å². The third-order valence-corrected chi connectivity index (χ3v) is 3.88. The Labute approximate surface area is 117 Å². The van der Waals surface area contributed by atoms with Crippen LogP contribution in [0.5, 0.6) is 0 Å². The summed E-state index contributed by atoms with van der Waals surface area (Å²) in [7, 11) is 1.82. The minimum Gasteiger partial charge on any atom is -0.490 e. The Morgan fingerprint density at radius 1 is 1.42 bits per heavy atom. The van der Waals surface area contributed by atoms with Gasteiger partial charge in [0, 0.05) is 17.5 Å². The number of ether oxygens (including phenoxy) is 1. The zero-order chi connectivity index (χ0) is 13.8. The lowest BCUT2D eigenvalue weighted by molar-refractivity contribution is -0.115. The number of hydrogen-bond donors (Lipinski definition) is 1. The Kier molecular flexibility index (Phi) is 4.37. The van der Waals surface area contributed by atoms with Crippen molar-refractivity contribution < 1.29 is 9.53 Å². The Morgan fingerprint density at radius 2 is 2.16 bits per heavy atom. The average Bonchev–Trinajstić information content (AvgIpc) is 2.38. The van der Waals surface area contributed by atoms with Gasteiger partial charge in [0.15, 0.2) is 11.5 Å². The van der Waals surface area contributed by atoms with Gasteiger partial charge in [-0.1, -0.05) is 25.5 Å².